The van der Waals surface area contributed by atoms with Crippen LogP contribution in [0.3, 0.4) is 0 Å². The fourth-order valence-electron chi connectivity index (χ4n) is 2.31. The number of carbonyl (C=O) groups is 1. The number of anilines is 1. The minimum atomic E-state index is -1.33. The van der Waals surface area contributed by atoms with Crippen LogP contribution in [0, 0.1) is 0 Å². The van der Waals surface area contributed by atoms with E-state index in [0.29, 0.717) is 16.6 Å². The summed E-state index contributed by atoms with van der Waals surface area (Å²) < 4.78 is 6.41. The Labute approximate surface area is 154 Å². The molecule has 2 aromatic rings. The van der Waals surface area contributed by atoms with Crippen molar-refractivity contribution in [2.45, 2.75) is 13.5 Å². The third-order valence-corrected chi connectivity index (χ3v) is 4.20. The van der Waals surface area contributed by atoms with Crippen molar-refractivity contribution < 1.29 is 14.6 Å². The highest BCUT2D eigenvalue weighted by Gasteiger charge is 2.22. The standard InChI is InChI=1S/C16H17Cl2N3O4/c1-4-25-13-12(15(23)24)19-16(21(3)14(13)22)20(2)8-9-5-6-10(17)11(18)7-9/h5-7H,4,8H2,1-3H3,(H,23,24). The van der Waals surface area contributed by atoms with Crippen molar-refractivity contribution in [3.05, 3.63) is 49.9 Å². The van der Waals surface area contributed by atoms with Crippen molar-refractivity contribution in [1.29, 1.82) is 0 Å². The lowest BCUT2D eigenvalue weighted by Crippen LogP contribution is -2.31. The molecule has 0 aliphatic heterocycles. The number of nitrogens with zero attached hydrogens (tertiary/aromatic N) is 3. The van der Waals surface area contributed by atoms with E-state index in [4.69, 9.17) is 27.9 Å². The van der Waals surface area contributed by atoms with Crippen molar-refractivity contribution >= 4 is 35.1 Å². The van der Waals surface area contributed by atoms with Gasteiger partial charge in [-0.2, -0.15) is 0 Å². The lowest BCUT2D eigenvalue weighted by atomic mass is 10.2. The van der Waals surface area contributed by atoms with E-state index in [2.05, 4.69) is 4.98 Å². The molecule has 134 valence electrons. The van der Waals surface area contributed by atoms with Crippen LogP contribution in [-0.2, 0) is 13.6 Å². The molecule has 1 N–H and O–H groups in total. The molecule has 0 radical (unpaired) electrons. The van der Waals surface area contributed by atoms with Crippen LogP contribution < -0.4 is 15.2 Å². The zero-order chi connectivity index (χ0) is 18.7. The first-order valence-corrected chi connectivity index (χ1v) is 8.14. The minimum absolute atomic E-state index is 0.162. The molecular weight excluding hydrogens is 369 g/mol. The molecule has 0 unspecified atom stereocenters. The van der Waals surface area contributed by atoms with Crippen molar-refractivity contribution in [3.63, 3.8) is 0 Å². The number of aromatic nitrogens is 2. The van der Waals surface area contributed by atoms with E-state index in [1.807, 2.05) is 0 Å². The number of halogens is 2. The van der Waals surface area contributed by atoms with Gasteiger partial charge in [-0.25, -0.2) is 9.78 Å². The Balaban J connectivity index is 2.45. The average molecular weight is 386 g/mol. The number of ether oxygens (including phenoxy) is 1. The predicted octanol–water partition coefficient (Wildman–Crippen LogP) is 2.82. The van der Waals surface area contributed by atoms with Crippen LogP contribution in [0.15, 0.2) is 23.0 Å². The highest BCUT2D eigenvalue weighted by Crippen LogP contribution is 2.24. The summed E-state index contributed by atoms with van der Waals surface area (Å²) in [6.07, 6.45) is 0. The average Bonchev–Trinajstić information content (AvgIpc) is 2.55. The molecule has 7 nitrogen and oxygen atoms in total. The first-order valence-electron chi connectivity index (χ1n) is 7.38. The van der Waals surface area contributed by atoms with Gasteiger partial charge in [-0.1, -0.05) is 29.3 Å². The van der Waals surface area contributed by atoms with Crippen LogP contribution >= 0.6 is 23.2 Å². The van der Waals surface area contributed by atoms with E-state index in [1.165, 1.54) is 11.6 Å². The van der Waals surface area contributed by atoms with Gasteiger partial charge in [-0.05, 0) is 24.6 Å². The van der Waals surface area contributed by atoms with Gasteiger partial charge in [0, 0.05) is 20.6 Å². The first kappa shape index (κ1) is 19.1. The fraction of sp³-hybridized carbons (Fsp3) is 0.312. The summed E-state index contributed by atoms with van der Waals surface area (Å²) >= 11 is 11.9. The third-order valence-electron chi connectivity index (χ3n) is 3.46. The molecule has 0 bridgehead atoms. The van der Waals surface area contributed by atoms with E-state index in [0.717, 1.165) is 5.56 Å². The van der Waals surface area contributed by atoms with Gasteiger partial charge in [0.25, 0.3) is 5.56 Å². The molecule has 0 aliphatic carbocycles. The molecule has 2 rings (SSSR count). The lowest BCUT2D eigenvalue weighted by molar-refractivity contribution is 0.0685. The number of carboxylic acid groups (broad SMARTS) is 1. The lowest BCUT2D eigenvalue weighted by Gasteiger charge is -2.22. The molecule has 1 heterocycles. The molecule has 0 atom stereocenters. The van der Waals surface area contributed by atoms with E-state index in [1.54, 1.807) is 37.1 Å². The van der Waals surface area contributed by atoms with Crippen LogP contribution in [0.25, 0.3) is 0 Å². The van der Waals surface area contributed by atoms with Crippen molar-refractivity contribution in [2.24, 2.45) is 7.05 Å². The number of carboxylic acids is 1. The highest BCUT2D eigenvalue weighted by molar-refractivity contribution is 6.42. The van der Waals surface area contributed by atoms with Crippen LogP contribution in [0.5, 0.6) is 5.75 Å². The van der Waals surface area contributed by atoms with Gasteiger partial charge in [-0.3, -0.25) is 9.36 Å². The Morgan fingerprint density at radius 1 is 1.36 bits per heavy atom. The summed E-state index contributed by atoms with van der Waals surface area (Å²) in [6, 6.07) is 5.15. The van der Waals surface area contributed by atoms with E-state index in [9.17, 15) is 14.7 Å². The number of aromatic carboxylic acids is 1. The van der Waals surface area contributed by atoms with Gasteiger partial charge >= 0.3 is 5.97 Å². The van der Waals surface area contributed by atoms with E-state index < -0.39 is 17.2 Å². The molecule has 0 spiro atoms. The molecule has 9 heteroatoms. The minimum Gasteiger partial charge on any atom is -0.486 e. The van der Waals surface area contributed by atoms with E-state index in [-0.39, 0.29) is 18.3 Å². The fourth-order valence-corrected chi connectivity index (χ4v) is 2.63. The van der Waals surface area contributed by atoms with Gasteiger partial charge in [0.05, 0.1) is 16.7 Å². The summed E-state index contributed by atoms with van der Waals surface area (Å²) in [6.45, 7) is 2.18. The zero-order valence-electron chi connectivity index (χ0n) is 13.9. The quantitative estimate of drug-likeness (QED) is 0.822. The Morgan fingerprint density at radius 3 is 2.60 bits per heavy atom. The van der Waals surface area contributed by atoms with Crippen LogP contribution in [0.2, 0.25) is 10.0 Å². The maximum Gasteiger partial charge on any atom is 0.358 e. The molecule has 0 saturated carbocycles. The summed E-state index contributed by atoms with van der Waals surface area (Å²) in [5, 5.41) is 10.2. The first-order chi connectivity index (χ1) is 11.8. The summed E-state index contributed by atoms with van der Waals surface area (Å²) in [7, 11) is 3.19. The van der Waals surface area contributed by atoms with Crippen LogP contribution in [-0.4, -0.2) is 34.3 Å². The molecule has 1 aromatic heterocycles. The predicted molar refractivity (Wildman–Crippen MR) is 96.2 cm³/mol. The van der Waals surface area contributed by atoms with Crippen molar-refractivity contribution in [1.82, 2.24) is 9.55 Å². The second-order valence-electron chi connectivity index (χ2n) is 5.30. The Hall–Kier alpha value is -2.25. The second-order valence-corrected chi connectivity index (χ2v) is 6.11. The van der Waals surface area contributed by atoms with Crippen molar-refractivity contribution in [2.75, 3.05) is 18.6 Å². The second kappa shape index (κ2) is 7.76. The molecule has 0 fully saturated rings. The Kier molecular flexibility index (Phi) is 5.92. The van der Waals surface area contributed by atoms with E-state index >= 15 is 0 Å². The largest absolute Gasteiger partial charge is 0.486 e. The third kappa shape index (κ3) is 4.05. The number of rotatable bonds is 6. The van der Waals surface area contributed by atoms with Gasteiger partial charge < -0.3 is 14.7 Å². The number of benzene rings is 1. The maximum absolute atomic E-state index is 12.4. The molecule has 0 saturated heterocycles. The smallest absolute Gasteiger partial charge is 0.358 e. The number of hydrogen-bond acceptors (Lipinski definition) is 5. The zero-order valence-corrected chi connectivity index (χ0v) is 15.4. The molecular formula is C16H17Cl2N3O4. The summed E-state index contributed by atoms with van der Waals surface area (Å²) in [4.78, 5) is 29.6. The Bertz CT molecular complexity index is 867. The van der Waals surface area contributed by atoms with Gasteiger partial charge in [0.15, 0.2) is 5.69 Å². The molecule has 25 heavy (non-hydrogen) atoms. The van der Waals surface area contributed by atoms with Crippen LogP contribution in [0.4, 0.5) is 5.95 Å². The maximum atomic E-state index is 12.4. The van der Waals surface area contributed by atoms with Crippen LogP contribution in [0.1, 0.15) is 23.0 Å². The monoisotopic (exact) mass is 385 g/mol. The van der Waals surface area contributed by atoms with Gasteiger partial charge in [0.2, 0.25) is 11.7 Å². The number of hydrogen-bond donors (Lipinski definition) is 1. The molecule has 1 aromatic carbocycles. The SMILES string of the molecule is CCOc1c(C(=O)O)nc(N(C)Cc2ccc(Cl)c(Cl)c2)n(C)c1=O. The van der Waals surface area contributed by atoms with Gasteiger partial charge in [0.1, 0.15) is 0 Å². The van der Waals surface area contributed by atoms with Crippen molar-refractivity contribution in [3.8, 4) is 5.75 Å². The molecule has 0 aliphatic rings. The summed E-state index contributed by atoms with van der Waals surface area (Å²) in [5.74, 6) is -1.41. The highest BCUT2D eigenvalue weighted by atomic mass is 35.5. The normalized spacial score (nSPS) is 10.6. The molecule has 0 amide bonds. The Morgan fingerprint density at radius 2 is 2.04 bits per heavy atom. The summed E-state index contributed by atoms with van der Waals surface area (Å²) in [5.41, 5.74) is -0.150. The topological polar surface area (TPSA) is 84.7 Å². The van der Waals surface area contributed by atoms with Gasteiger partial charge in [-0.15, -0.1) is 0 Å².